The Hall–Kier alpha value is -0.610. The van der Waals surface area contributed by atoms with Crippen LogP contribution in [0.25, 0.3) is 0 Å². The van der Waals surface area contributed by atoms with Crippen LogP contribution in [0.1, 0.15) is 46.5 Å². The maximum absolute atomic E-state index is 11.0. The quantitative estimate of drug-likeness (QED) is 0.793. The molecule has 0 spiro atoms. The third kappa shape index (κ3) is 4.94. The summed E-state index contributed by atoms with van der Waals surface area (Å²) in [4.78, 5) is 13.4. The second-order valence-electron chi connectivity index (χ2n) is 5.85. The third-order valence-electron chi connectivity index (χ3n) is 3.74. The second-order valence-corrected chi connectivity index (χ2v) is 5.85. The Labute approximate surface area is 110 Å². The summed E-state index contributed by atoms with van der Waals surface area (Å²) < 4.78 is 5.73. The summed E-state index contributed by atoms with van der Waals surface area (Å²) >= 11 is 0. The van der Waals surface area contributed by atoms with Crippen LogP contribution in [-0.2, 0) is 9.53 Å². The molecule has 1 rings (SSSR count). The van der Waals surface area contributed by atoms with Gasteiger partial charge in [-0.1, -0.05) is 6.92 Å². The third-order valence-corrected chi connectivity index (χ3v) is 3.74. The van der Waals surface area contributed by atoms with Gasteiger partial charge in [-0.3, -0.25) is 4.79 Å². The monoisotopic (exact) mass is 257 g/mol. The SMILES string of the molecule is CCC1CN(CCCC(C)(C)C(=O)O)CCCO1. The summed E-state index contributed by atoms with van der Waals surface area (Å²) in [7, 11) is 0. The van der Waals surface area contributed by atoms with Gasteiger partial charge in [-0.25, -0.2) is 0 Å². The first-order valence-electron chi connectivity index (χ1n) is 7.03. The fourth-order valence-corrected chi connectivity index (χ4v) is 2.27. The molecule has 0 radical (unpaired) electrons. The highest BCUT2D eigenvalue weighted by Crippen LogP contribution is 2.22. The number of hydrogen-bond acceptors (Lipinski definition) is 3. The van der Waals surface area contributed by atoms with E-state index in [4.69, 9.17) is 9.84 Å². The van der Waals surface area contributed by atoms with Crippen LogP contribution in [0.15, 0.2) is 0 Å². The van der Waals surface area contributed by atoms with Crippen molar-refractivity contribution in [2.24, 2.45) is 5.41 Å². The van der Waals surface area contributed by atoms with Crippen LogP contribution in [0, 0.1) is 5.41 Å². The Balaban J connectivity index is 2.31. The van der Waals surface area contributed by atoms with E-state index in [-0.39, 0.29) is 0 Å². The molecule has 4 nitrogen and oxygen atoms in total. The summed E-state index contributed by atoms with van der Waals surface area (Å²) in [6, 6.07) is 0. The molecule has 1 N–H and O–H groups in total. The summed E-state index contributed by atoms with van der Waals surface area (Å²) in [5.74, 6) is -0.701. The van der Waals surface area contributed by atoms with E-state index in [0.717, 1.165) is 51.9 Å². The molecule has 0 aromatic heterocycles. The average Bonchev–Trinajstić information content (AvgIpc) is 2.53. The molecule has 18 heavy (non-hydrogen) atoms. The molecular weight excluding hydrogens is 230 g/mol. The van der Waals surface area contributed by atoms with Gasteiger partial charge in [0, 0.05) is 19.7 Å². The lowest BCUT2D eigenvalue weighted by molar-refractivity contribution is -0.147. The van der Waals surface area contributed by atoms with Crippen LogP contribution < -0.4 is 0 Å². The molecule has 1 unspecified atom stereocenters. The normalized spacial score (nSPS) is 22.7. The number of carbonyl (C=O) groups is 1. The van der Waals surface area contributed by atoms with E-state index in [1.807, 2.05) is 0 Å². The van der Waals surface area contributed by atoms with Gasteiger partial charge >= 0.3 is 5.97 Å². The Morgan fingerprint density at radius 2 is 2.22 bits per heavy atom. The van der Waals surface area contributed by atoms with Crippen molar-refractivity contribution >= 4 is 5.97 Å². The van der Waals surface area contributed by atoms with Gasteiger partial charge in [-0.2, -0.15) is 0 Å². The largest absolute Gasteiger partial charge is 0.481 e. The molecule has 106 valence electrons. The van der Waals surface area contributed by atoms with Crippen molar-refractivity contribution in [3.63, 3.8) is 0 Å². The predicted molar refractivity (Wildman–Crippen MR) is 71.7 cm³/mol. The lowest BCUT2D eigenvalue weighted by Crippen LogP contribution is -2.33. The summed E-state index contributed by atoms with van der Waals surface area (Å²) in [6.07, 6.45) is 4.15. The number of carboxylic acid groups (broad SMARTS) is 1. The molecular formula is C14H27NO3. The number of carboxylic acids is 1. The van der Waals surface area contributed by atoms with Crippen molar-refractivity contribution in [2.45, 2.75) is 52.6 Å². The van der Waals surface area contributed by atoms with E-state index < -0.39 is 11.4 Å². The van der Waals surface area contributed by atoms with Crippen molar-refractivity contribution in [1.82, 2.24) is 4.90 Å². The number of aliphatic carboxylic acids is 1. The number of ether oxygens (including phenoxy) is 1. The van der Waals surface area contributed by atoms with Gasteiger partial charge in [-0.15, -0.1) is 0 Å². The van der Waals surface area contributed by atoms with Crippen LogP contribution in [-0.4, -0.2) is 48.3 Å². The number of hydrogen-bond donors (Lipinski definition) is 1. The molecule has 0 aliphatic carbocycles. The molecule has 0 amide bonds. The molecule has 1 atom stereocenters. The predicted octanol–water partition coefficient (Wildman–Crippen LogP) is 2.38. The molecule has 1 aliphatic heterocycles. The molecule has 0 saturated carbocycles. The fraction of sp³-hybridized carbons (Fsp3) is 0.929. The Bertz CT molecular complexity index is 266. The maximum Gasteiger partial charge on any atom is 0.309 e. The molecule has 0 aromatic rings. The van der Waals surface area contributed by atoms with Gasteiger partial charge in [0.2, 0.25) is 0 Å². The first-order valence-corrected chi connectivity index (χ1v) is 7.03. The van der Waals surface area contributed by atoms with E-state index in [2.05, 4.69) is 11.8 Å². The minimum atomic E-state index is -0.701. The smallest absolute Gasteiger partial charge is 0.309 e. The molecule has 1 saturated heterocycles. The van der Waals surface area contributed by atoms with Crippen LogP contribution in [0.3, 0.4) is 0 Å². The molecule has 0 aromatic carbocycles. The molecule has 0 bridgehead atoms. The molecule has 1 heterocycles. The minimum absolute atomic E-state index is 0.347. The summed E-state index contributed by atoms with van der Waals surface area (Å²) in [6.45, 7) is 9.66. The number of rotatable bonds is 6. The van der Waals surface area contributed by atoms with Gasteiger partial charge < -0.3 is 14.7 Å². The fourth-order valence-electron chi connectivity index (χ4n) is 2.27. The van der Waals surface area contributed by atoms with Crippen LogP contribution in [0.5, 0.6) is 0 Å². The standard InChI is InChI=1S/C14H27NO3/c1-4-12-11-15(9-6-10-18-12)8-5-7-14(2,3)13(16)17/h12H,4-11H2,1-3H3,(H,16,17). The van der Waals surface area contributed by atoms with E-state index >= 15 is 0 Å². The number of nitrogens with zero attached hydrogens (tertiary/aromatic N) is 1. The zero-order chi connectivity index (χ0) is 13.6. The van der Waals surface area contributed by atoms with Gasteiger partial charge in [0.05, 0.1) is 11.5 Å². The van der Waals surface area contributed by atoms with Gasteiger partial charge in [0.1, 0.15) is 0 Å². The average molecular weight is 257 g/mol. The van der Waals surface area contributed by atoms with Gasteiger partial charge in [0.15, 0.2) is 0 Å². The topological polar surface area (TPSA) is 49.8 Å². The zero-order valence-corrected chi connectivity index (χ0v) is 11.9. The maximum atomic E-state index is 11.0. The van der Waals surface area contributed by atoms with Gasteiger partial charge in [0.25, 0.3) is 0 Å². The Morgan fingerprint density at radius 3 is 2.83 bits per heavy atom. The summed E-state index contributed by atoms with van der Waals surface area (Å²) in [5.41, 5.74) is -0.605. The van der Waals surface area contributed by atoms with Crippen LogP contribution >= 0.6 is 0 Å². The van der Waals surface area contributed by atoms with Gasteiger partial charge in [-0.05, 0) is 46.1 Å². The lowest BCUT2D eigenvalue weighted by Gasteiger charge is -2.25. The van der Waals surface area contributed by atoms with Crippen molar-refractivity contribution < 1.29 is 14.6 Å². The molecule has 4 heteroatoms. The van der Waals surface area contributed by atoms with Crippen molar-refractivity contribution in [3.8, 4) is 0 Å². The van der Waals surface area contributed by atoms with E-state index in [9.17, 15) is 4.79 Å². The highest BCUT2D eigenvalue weighted by Gasteiger charge is 2.26. The highest BCUT2D eigenvalue weighted by molar-refractivity contribution is 5.73. The Morgan fingerprint density at radius 1 is 1.50 bits per heavy atom. The van der Waals surface area contributed by atoms with E-state index in [0.29, 0.717) is 6.10 Å². The van der Waals surface area contributed by atoms with E-state index in [1.165, 1.54) is 0 Å². The van der Waals surface area contributed by atoms with Crippen LogP contribution in [0.4, 0.5) is 0 Å². The highest BCUT2D eigenvalue weighted by atomic mass is 16.5. The molecule has 1 aliphatic rings. The second kappa shape index (κ2) is 7.10. The first-order chi connectivity index (χ1) is 8.45. The van der Waals surface area contributed by atoms with Crippen molar-refractivity contribution in [2.75, 3.05) is 26.2 Å². The van der Waals surface area contributed by atoms with Crippen LogP contribution in [0.2, 0.25) is 0 Å². The molecule has 1 fully saturated rings. The van der Waals surface area contributed by atoms with E-state index in [1.54, 1.807) is 13.8 Å². The first kappa shape index (κ1) is 15.4. The van der Waals surface area contributed by atoms with Crippen molar-refractivity contribution in [1.29, 1.82) is 0 Å². The zero-order valence-electron chi connectivity index (χ0n) is 11.9. The lowest BCUT2D eigenvalue weighted by atomic mass is 9.88. The van der Waals surface area contributed by atoms with Crippen molar-refractivity contribution in [3.05, 3.63) is 0 Å². The minimum Gasteiger partial charge on any atom is -0.481 e. The Kier molecular flexibility index (Phi) is 6.09. The summed E-state index contributed by atoms with van der Waals surface area (Å²) in [5, 5.41) is 9.07.